The summed E-state index contributed by atoms with van der Waals surface area (Å²) in [5, 5.41) is 12.0. The molecule has 156 valence electrons. The summed E-state index contributed by atoms with van der Waals surface area (Å²) in [6, 6.07) is 10.1. The molecule has 0 aliphatic carbocycles. The van der Waals surface area contributed by atoms with Crippen LogP contribution >= 0.6 is 11.6 Å². The minimum atomic E-state index is -0.353. The fraction of sp³-hybridized carbons (Fsp3) is 0.304. The van der Waals surface area contributed by atoms with Gasteiger partial charge < -0.3 is 20.7 Å². The first-order valence-corrected chi connectivity index (χ1v) is 10.4. The number of likely N-dealkylation sites (tertiary alicyclic amines) is 1. The van der Waals surface area contributed by atoms with Gasteiger partial charge in [-0.3, -0.25) is 9.59 Å². The standard InChI is InChI=1S/C23H24ClN3O3/c1-13-10-20(28)17(11-19(13)24)21(25)14-6-8-27(9-7-14)23(30)18-12-26-22(29)16-5-3-2-4-15(16)18/h2-5,10-12,14,21,28H,6-9,25H2,1H3,(H,26,29)/t21-/m1/s1. The Morgan fingerprint density at radius 2 is 1.90 bits per heavy atom. The Morgan fingerprint density at radius 3 is 2.60 bits per heavy atom. The van der Waals surface area contributed by atoms with Crippen molar-refractivity contribution in [2.45, 2.75) is 25.8 Å². The maximum atomic E-state index is 13.1. The predicted octanol–water partition coefficient (Wildman–Crippen LogP) is 3.75. The number of H-pyrrole nitrogens is 1. The zero-order chi connectivity index (χ0) is 21.4. The number of aromatic hydroxyl groups is 1. The summed E-state index contributed by atoms with van der Waals surface area (Å²) in [6.45, 7) is 2.96. The van der Waals surface area contributed by atoms with Gasteiger partial charge in [-0.25, -0.2) is 0 Å². The van der Waals surface area contributed by atoms with E-state index in [0.717, 1.165) is 18.4 Å². The molecule has 1 saturated heterocycles. The molecule has 1 aromatic heterocycles. The number of nitrogens with zero attached hydrogens (tertiary/aromatic N) is 1. The van der Waals surface area contributed by atoms with Gasteiger partial charge in [0.2, 0.25) is 0 Å². The Labute approximate surface area is 179 Å². The van der Waals surface area contributed by atoms with E-state index >= 15 is 0 Å². The Kier molecular flexibility index (Phi) is 5.54. The summed E-state index contributed by atoms with van der Waals surface area (Å²) >= 11 is 6.22. The molecule has 30 heavy (non-hydrogen) atoms. The van der Waals surface area contributed by atoms with E-state index in [1.54, 1.807) is 35.2 Å². The lowest BCUT2D eigenvalue weighted by molar-refractivity contribution is 0.0679. The normalized spacial score (nSPS) is 16.0. The van der Waals surface area contributed by atoms with E-state index in [4.69, 9.17) is 17.3 Å². The zero-order valence-electron chi connectivity index (χ0n) is 16.7. The third-order valence-electron chi connectivity index (χ3n) is 6.04. The highest BCUT2D eigenvalue weighted by Gasteiger charge is 2.30. The number of hydrogen-bond donors (Lipinski definition) is 3. The number of phenolic OH excluding ortho intramolecular Hbond substituents is 1. The topological polar surface area (TPSA) is 99.4 Å². The summed E-state index contributed by atoms with van der Waals surface area (Å²) in [6.07, 6.45) is 2.94. The first-order valence-electron chi connectivity index (χ1n) is 10.0. The van der Waals surface area contributed by atoms with Crippen LogP contribution in [0, 0.1) is 12.8 Å². The number of aromatic amines is 1. The van der Waals surface area contributed by atoms with Crippen molar-refractivity contribution in [3.8, 4) is 5.75 Å². The van der Waals surface area contributed by atoms with Gasteiger partial charge in [-0.15, -0.1) is 0 Å². The van der Waals surface area contributed by atoms with Crippen LogP contribution in [-0.4, -0.2) is 34.0 Å². The van der Waals surface area contributed by atoms with Crippen LogP contribution in [0.3, 0.4) is 0 Å². The van der Waals surface area contributed by atoms with Crippen molar-refractivity contribution in [3.63, 3.8) is 0 Å². The van der Waals surface area contributed by atoms with Crippen LogP contribution in [0.4, 0.5) is 0 Å². The van der Waals surface area contributed by atoms with Gasteiger partial charge >= 0.3 is 0 Å². The number of amides is 1. The highest BCUT2D eigenvalue weighted by Crippen LogP contribution is 2.36. The van der Waals surface area contributed by atoms with Crippen LogP contribution in [0.25, 0.3) is 10.8 Å². The summed E-state index contributed by atoms with van der Waals surface area (Å²) in [5.74, 6) is 0.185. The summed E-state index contributed by atoms with van der Waals surface area (Å²) in [7, 11) is 0. The quantitative estimate of drug-likeness (QED) is 0.595. The van der Waals surface area contributed by atoms with E-state index < -0.39 is 0 Å². The zero-order valence-corrected chi connectivity index (χ0v) is 17.4. The molecule has 3 aromatic rings. The number of rotatable bonds is 3. The fourth-order valence-electron chi connectivity index (χ4n) is 4.22. The van der Waals surface area contributed by atoms with Crippen molar-refractivity contribution < 1.29 is 9.90 Å². The molecule has 7 heteroatoms. The number of piperidine rings is 1. The maximum absolute atomic E-state index is 13.1. The second-order valence-electron chi connectivity index (χ2n) is 7.89. The van der Waals surface area contributed by atoms with Crippen molar-refractivity contribution in [1.82, 2.24) is 9.88 Å². The number of pyridine rings is 1. The lowest BCUT2D eigenvalue weighted by Crippen LogP contribution is -2.41. The number of hydrogen-bond acceptors (Lipinski definition) is 4. The summed E-state index contributed by atoms with van der Waals surface area (Å²) < 4.78 is 0. The molecule has 2 heterocycles. The number of carbonyl (C=O) groups excluding carboxylic acids is 1. The SMILES string of the molecule is Cc1cc(O)c([C@H](N)C2CCN(C(=O)c3c[nH]c(=O)c4ccccc34)CC2)cc1Cl. The van der Waals surface area contributed by atoms with Crippen LogP contribution in [-0.2, 0) is 0 Å². The summed E-state index contributed by atoms with van der Waals surface area (Å²) in [5.41, 5.74) is 8.19. The fourth-order valence-corrected chi connectivity index (χ4v) is 4.39. The van der Waals surface area contributed by atoms with Gasteiger partial charge in [0, 0.05) is 46.7 Å². The number of carbonyl (C=O) groups is 1. The predicted molar refractivity (Wildman–Crippen MR) is 118 cm³/mol. The number of nitrogens with one attached hydrogen (secondary N) is 1. The van der Waals surface area contributed by atoms with Gasteiger partial charge in [-0.2, -0.15) is 0 Å². The van der Waals surface area contributed by atoms with Gasteiger partial charge in [-0.1, -0.05) is 29.8 Å². The number of halogens is 1. The van der Waals surface area contributed by atoms with Crippen molar-refractivity contribution in [1.29, 1.82) is 0 Å². The molecule has 0 spiro atoms. The molecule has 6 nitrogen and oxygen atoms in total. The molecule has 1 fully saturated rings. The number of fused-ring (bicyclic) bond motifs is 1. The second-order valence-corrected chi connectivity index (χ2v) is 8.30. The number of benzene rings is 2. The lowest BCUT2D eigenvalue weighted by atomic mass is 9.85. The van der Waals surface area contributed by atoms with E-state index in [0.29, 0.717) is 40.0 Å². The van der Waals surface area contributed by atoms with Gasteiger partial charge in [0.15, 0.2) is 0 Å². The van der Waals surface area contributed by atoms with Gasteiger partial charge in [0.05, 0.1) is 5.56 Å². The molecule has 4 N–H and O–H groups in total. The van der Waals surface area contributed by atoms with Crippen molar-refractivity contribution in [3.05, 3.63) is 74.7 Å². The molecular formula is C23H24ClN3O3. The number of phenols is 1. The molecule has 1 aliphatic heterocycles. The third kappa shape index (κ3) is 3.68. The number of aryl methyl sites for hydroxylation is 1. The third-order valence-corrected chi connectivity index (χ3v) is 6.45. The maximum Gasteiger partial charge on any atom is 0.255 e. The molecule has 0 saturated carbocycles. The Balaban J connectivity index is 1.50. The molecule has 1 amide bonds. The first kappa shape index (κ1) is 20.4. The number of nitrogens with two attached hydrogens (primary N) is 1. The van der Waals surface area contributed by atoms with Crippen LogP contribution in [0.1, 0.15) is 40.4 Å². The van der Waals surface area contributed by atoms with E-state index in [1.165, 1.54) is 6.20 Å². The van der Waals surface area contributed by atoms with Crippen LogP contribution in [0.5, 0.6) is 5.75 Å². The highest BCUT2D eigenvalue weighted by molar-refractivity contribution is 6.31. The monoisotopic (exact) mass is 425 g/mol. The van der Waals surface area contributed by atoms with E-state index in [2.05, 4.69) is 4.98 Å². The van der Waals surface area contributed by atoms with Crippen molar-refractivity contribution in [2.75, 3.05) is 13.1 Å². The lowest BCUT2D eigenvalue weighted by Gasteiger charge is -2.35. The average molecular weight is 426 g/mol. The molecule has 1 atom stereocenters. The minimum Gasteiger partial charge on any atom is -0.508 e. The molecule has 1 aliphatic rings. The molecule has 0 bridgehead atoms. The molecule has 2 aromatic carbocycles. The largest absolute Gasteiger partial charge is 0.508 e. The van der Waals surface area contributed by atoms with Crippen LogP contribution in [0.15, 0.2) is 47.4 Å². The summed E-state index contributed by atoms with van der Waals surface area (Å²) in [4.78, 5) is 29.6. The Hall–Kier alpha value is -2.83. The molecule has 0 radical (unpaired) electrons. The van der Waals surface area contributed by atoms with E-state index in [9.17, 15) is 14.7 Å². The molecule has 4 rings (SSSR count). The Morgan fingerprint density at radius 1 is 1.23 bits per heavy atom. The van der Waals surface area contributed by atoms with E-state index in [-0.39, 0.29) is 29.2 Å². The smallest absolute Gasteiger partial charge is 0.255 e. The molecule has 0 unspecified atom stereocenters. The van der Waals surface area contributed by atoms with Crippen LogP contribution < -0.4 is 11.3 Å². The highest BCUT2D eigenvalue weighted by atomic mass is 35.5. The van der Waals surface area contributed by atoms with Crippen LogP contribution in [0.2, 0.25) is 5.02 Å². The van der Waals surface area contributed by atoms with E-state index in [1.807, 2.05) is 13.0 Å². The van der Waals surface area contributed by atoms with Gasteiger partial charge in [-0.05, 0) is 49.4 Å². The average Bonchev–Trinajstić information content (AvgIpc) is 2.76. The minimum absolute atomic E-state index is 0.101. The molecular weight excluding hydrogens is 402 g/mol. The first-order chi connectivity index (χ1) is 14.4. The van der Waals surface area contributed by atoms with Gasteiger partial charge in [0.1, 0.15) is 5.75 Å². The Bertz CT molecular complexity index is 1170. The van der Waals surface area contributed by atoms with Crippen molar-refractivity contribution in [2.24, 2.45) is 11.7 Å². The second kappa shape index (κ2) is 8.13. The number of aromatic nitrogens is 1. The van der Waals surface area contributed by atoms with Gasteiger partial charge in [0.25, 0.3) is 11.5 Å². The van der Waals surface area contributed by atoms with Crippen molar-refractivity contribution >= 4 is 28.3 Å².